The van der Waals surface area contributed by atoms with Crippen molar-refractivity contribution in [2.75, 3.05) is 26.7 Å². The minimum absolute atomic E-state index is 0.240. The predicted octanol–water partition coefficient (Wildman–Crippen LogP) is 1.97. The molecule has 1 aliphatic heterocycles. The zero-order chi connectivity index (χ0) is 13.2. The van der Waals surface area contributed by atoms with Crippen LogP contribution in [0.3, 0.4) is 0 Å². The van der Waals surface area contributed by atoms with Gasteiger partial charge in [0.2, 0.25) is 0 Å². The van der Waals surface area contributed by atoms with E-state index in [-0.39, 0.29) is 6.10 Å². The third kappa shape index (κ3) is 2.99. The van der Waals surface area contributed by atoms with E-state index in [9.17, 15) is 0 Å². The van der Waals surface area contributed by atoms with Crippen molar-refractivity contribution in [3.05, 3.63) is 35.4 Å². The Morgan fingerprint density at radius 2 is 2.05 bits per heavy atom. The number of fused-ring (bicyclic) bond motifs is 1. The van der Waals surface area contributed by atoms with Crippen LogP contribution in [-0.2, 0) is 11.2 Å². The fourth-order valence-electron chi connectivity index (χ4n) is 3.36. The van der Waals surface area contributed by atoms with Gasteiger partial charge in [0.15, 0.2) is 0 Å². The van der Waals surface area contributed by atoms with Gasteiger partial charge in [0.05, 0.1) is 12.7 Å². The van der Waals surface area contributed by atoms with Crippen molar-refractivity contribution in [3.8, 4) is 0 Å². The lowest BCUT2D eigenvalue weighted by Gasteiger charge is -2.37. The van der Waals surface area contributed by atoms with Gasteiger partial charge in [-0.05, 0) is 43.4 Å². The maximum Gasteiger partial charge on any atom is 0.0954 e. The number of nitrogens with zero attached hydrogens (tertiary/aromatic N) is 1. The first-order valence-electron chi connectivity index (χ1n) is 7.36. The van der Waals surface area contributed by atoms with E-state index in [1.54, 1.807) is 0 Å². The molecular weight excluding hydrogens is 236 g/mol. The second-order valence-corrected chi connectivity index (χ2v) is 6.13. The van der Waals surface area contributed by atoms with E-state index >= 15 is 0 Å². The quantitative estimate of drug-likeness (QED) is 0.899. The molecule has 19 heavy (non-hydrogen) atoms. The van der Waals surface area contributed by atoms with E-state index in [1.165, 1.54) is 24.0 Å². The molecule has 3 rings (SSSR count). The normalized spacial score (nSPS) is 29.9. The zero-order valence-corrected chi connectivity index (χ0v) is 11.7. The van der Waals surface area contributed by atoms with E-state index in [0.717, 1.165) is 32.0 Å². The predicted molar refractivity (Wildman–Crippen MR) is 77.0 cm³/mol. The van der Waals surface area contributed by atoms with Crippen LogP contribution in [0.4, 0.5) is 0 Å². The Hall–Kier alpha value is -0.900. The van der Waals surface area contributed by atoms with Crippen molar-refractivity contribution in [3.63, 3.8) is 0 Å². The van der Waals surface area contributed by atoms with Crippen LogP contribution < -0.4 is 5.73 Å². The van der Waals surface area contributed by atoms with E-state index in [0.29, 0.717) is 6.04 Å². The van der Waals surface area contributed by atoms with Crippen LogP contribution >= 0.6 is 0 Å². The first-order chi connectivity index (χ1) is 9.22. The first kappa shape index (κ1) is 13.1. The summed E-state index contributed by atoms with van der Waals surface area (Å²) >= 11 is 0. The number of benzene rings is 1. The average molecular weight is 260 g/mol. The summed E-state index contributed by atoms with van der Waals surface area (Å²) in [6, 6.07) is 9.14. The summed E-state index contributed by atoms with van der Waals surface area (Å²) in [5, 5.41) is 0. The Balaban J connectivity index is 1.58. The molecule has 2 N–H and O–H groups in total. The number of nitrogens with two attached hydrogens (primary N) is 1. The second kappa shape index (κ2) is 5.61. The molecule has 1 saturated carbocycles. The summed E-state index contributed by atoms with van der Waals surface area (Å²) in [4.78, 5) is 2.41. The number of likely N-dealkylation sites (N-methyl/N-ethyl adjacent to an activating group) is 1. The summed E-state index contributed by atoms with van der Waals surface area (Å²) < 4.78 is 5.96. The number of ether oxygens (including phenoxy) is 1. The average Bonchev–Trinajstić information content (AvgIpc) is 2.37. The Kier molecular flexibility index (Phi) is 3.87. The molecule has 1 fully saturated rings. The molecule has 3 nitrogen and oxygen atoms in total. The standard InChI is InChI=1S/C16H24N2O/c1-18(10-12-8-14(17)9-12)11-16-15-5-3-2-4-13(15)6-7-19-16/h2-5,12,14,16H,6-11,17H2,1H3. The maximum absolute atomic E-state index is 5.96. The molecule has 0 aromatic heterocycles. The van der Waals surface area contributed by atoms with E-state index in [1.807, 2.05) is 0 Å². The summed E-state index contributed by atoms with van der Waals surface area (Å²) in [5.41, 5.74) is 8.69. The lowest BCUT2D eigenvalue weighted by atomic mass is 9.80. The van der Waals surface area contributed by atoms with Crippen molar-refractivity contribution in [1.82, 2.24) is 4.90 Å². The van der Waals surface area contributed by atoms with Crippen LogP contribution in [0.15, 0.2) is 24.3 Å². The molecule has 0 bridgehead atoms. The molecule has 104 valence electrons. The lowest BCUT2D eigenvalue weighted by molar-refractivity contribution is 0.0152. The van der Waals surface area contributed by atoms with Gasteiger partial charge in [0, 0.05) is 19.1 Å². The molecule has 1 aromatic rings. The molecule has 1 atom stereocenters. The van der Waals surface area contributed by atoms with E-state index in [4.69, 9.17) is 10.5 Å². The van der Waals surface area contributed by atoms with Crippen LogP contribution in [0, 0.1) is 5.92 Å². The van der Waals surface area contributed by atoms with Gasteiger partial charge < -0.3 is 15.4 Å². The van der Waals surface area contributed by atoms with Crippen molar-refractivity contribution in [2.45, 2.75) is 31.4 Å². The van der Waals surface area contributed by atoms with Crippen molar-refractivity contribution < 1.29 is 4.74 Å². The van der Waals surface area contributed by atoms with Crippen molar-refractivity contribution in [2.24, 2.45) is 11.7 Å². The molecule has 0 radical (unpaired) electrons. The van der Waals surface area contributed by atoms with Gasteiger partial charge in [0.1, 0.15) is 0 Å². The molecule has 2 aliphatic rings. The molecule has 1 unspecified atom stereocenters. The highest BCUT2D eigenvalue weighted by atomic mass is 16.5. The fourth-order valence-corrected chi connectivity index (χ4v) is 3.36. The third-order valence-electron chi connectivity index (χ3n) is 4.41. The maximum atomic E-state index is 5.96. The Morgan fingerprint density at radius 1 is 1.26 bits per heavy atom. The highest BCUT2D eigenvalue weighted by Crippen LogP contribution is 2.29. The zero-order valence-electron chi connectivity index (χ0n) is 11.7. The number of hydrogen-bond acceptors (Lipinski definition) is 3. The first-order valence-corrected chi connectivity index (χ1v) is 7.36. The molecule has 0 spiro atoms. The van der Waals surface area contributed by atoms with Crippen LogP contribution in [0.2, 0.25) is 0 Å². The largest absolute Gasteiger partial charge is 0.372 e. The summed E-state index contributed by atoms with van der Waals surface area (Å²) in [6.45, 7) is 2.99. The van der Waals surface area contributed by atoms with Crippen LogP contribution in [0.5, 0.6) is 0 Å². The topological polar surface area (TPSA) is 38.5 Å². The Bertz CT molecular complexity index is 429. The SMILES string of the molecule is CN(CC1CC(N)C1)CC1OCCc2ccccc21. The minimum Gasteiger partial charge on any atom is -0.372 e. The van der Waals surface area contributed by atoms with Crippen molar-refractivity contribution in [1.29, 1.82) is 0 Å². The molecule has 3 heteroatoms. The highest BCUT2D eigenvalue weighted by molar-refractivity contribution is 5.31. The molecule has 1 aliphatic carbocycles. The van der Waals surface area contributed by atoms with Gasteiger partial charge in [-0.25, -0.2) is 0 Å². The number of hydrogen-bond donors (Lipinski definition) is 1. The summed E-state index contributed by atoms with van der Waals surface area (Å²) in [5.74, 6) is 0.791. The third-order valence-corrected chi connectivity index (χ3v) is 4.41. The molecular formula is C16H24N2O. The van der Waals surface area contributed by atoms with Crippen LogP contribution in [0.25, 0.3) is 0 Å². The van der Waals surface area contributed by atoms with Gasteiger partial charge in [0.25, 0.3) is 0 Å². The van der Waals surface area contributed by atoms with Crippen LogP contribution in [-0.4, -0.2) is 37.7 Å². The minimum atomic E-state index is 0.240. The Morgan fingerprint density at radius 3 is 2.84 bits per heavy atom. The van der Waals surface area contributed by atoms with Crippen LogP contribution in [0.1, 0.15) is 30.1 Å². The smallest absolute Gasteiger partial charge is 0.0954 e. The monoisotopic (exact) mass is 260 g/mol. The molecule has 1 heterocycles. The lowest BCUT2D eigenvalue weighted by Crippen LogP contribution is -2.43. The highest BCUT2D eigenvalue weighted by Gasteiger charge is 2.28. The fraction of sp³-hybridized carbons (Fsp3) is 0.625. The Labute approximate surface area is 115 Å². The van der Waals surface area contributed by atoms with Gasteiger partial charge in [-0.1, -0.05) is 24.3 Å². The number of rotatable bonds is 4. The van der Waals surface area contributed by atoms with Crippen molar-refractivity contribution >= 4 is 0 Å². The van der Waals surface area contributed by atoms with Gasteiger partial charge in [-0.15, -0.1) is 0 Å². The van der Waals surface area contributed by atoms with E-state index in [2.05, 4.69) is 36.2 Å². The molecule has 1 aromatic carbocycles. The summed E-state index contributed by atoms with van der Waals surface area (Å²) in [7, 11) is 2.20. The molecule has 0 amide bonds. The summed E-state index contributed by atoms with van der Waals surface area (Å²) in [6.07, 6.45) is 3.66. The van der Waals surface area contributed by atoms with Gasteiger partial charge in [-0.2, -0.15) is 0 Å². The van der Waals surface area contributed by atoms with E-state index < -0.39 is 0 Å². The molecule has 0 saturated heterocycles. The van der Waals surface area contributed by atoms with Gasteiger partial charge in [-0.3, -0.25) is 0 Å². The van der Waals surface area contributed by atoms with Gasteiger partial charge >= 0.3 is 0 Å². The second-order valence-electron chi connectivity index (χ2n) is 6.13.